The van der Waals surface area contributed by atoms with Crippen molar-refractivity contribution in [3.63, 3.8) is 0 Å². The number of carboxylic acid groups (broad SMARTS) is 1. The van der Waals surface area contributed by atoms with Crippen molar-refractivity contribution in [2.75, 3.05) is 11.5 Å². The average molecular weight is 298 g/mol. The first kappa shape index (κ1) is 16.7. The maximum absolute atomic E-state index is 12.1. The van der Waals surface area contributed by atoms with Crippen LogP contribution in [0.5, 0.6) is 0 Å². The van der Waals surface area contributed by atoms with Gasteiger partial charge in [0.1, 0.15) is 6.04 Å². The molecule has 0 aromatic heterocycles. The molecule has 0 radical (unpaired) electrons. The Morgan fingerprint density at radius 2 is 1.95 bits per heavy atom. The molecule has 0 aliphatic rings. The predicted octanol–water partition coefficient (Wildman–Crippen LogP) is 1.64. The molecule has 1 rings (SSSR count). The van der Waals surface area contributed by atoms with E-state index < -0.39 is 21.7 Å². The van der Waals surface area contributed by atoms with Crippen LogP contribution in [0.25, 0.3) is 0 Å². The van der Waals surface area contributed by atoms with Gasteiger partial charge in [0.2, 0.25) is 0 Å². The van der Waals surface area contributed by atoms with Crippen LogP contribution in [-0.2, 0) is 27.4 Å². The van der Waals surface area contributed by atoms with Crippen molar-refractivity contribution in [2.24, 2.45) is 5.73 Å². The van der Waals surface area contributed by atoms with Crippen LogP contribution in [0.4, 0.5) is 0 Å². The first-order chi connectivity index (χ1) is 9.35. The maximum atomic E-state index is 12.1. The van der Waals surface area contributed by atoms with Gasteiger partial charge >= 0.3 is 5.97 Å². The molecule has 0 amide bonds. The van der Waals surface area contributed by atoms with E-state index in [1.54, 1.807) is 0 Å². The first-order valence-electron chi connectivity index (χ1n) is 6.65. The van der Waals surface area contributed by atoms with Gasteiger partial charge in [-0.2, -0.15) is 0 Å². The zero-order chi connectivity index (χ0) is 15.2. The van der Waals surface area contributed by atoms with E-state index in [-0.39, 0.29) is 17.9 Å². The highest BCUT2D eigenvalue weighted by Crippen LogP contribution is 2.12. The Morgan fingerprint density at radius 3 is 2.50 bits per heavy atom. The fraction of sp³-hybridized carbons (Fsp3) is 0.500. The third-order valence-corrected chi connectivity index (χ3v) is 5.03. The molecule has 1 aromatic rings. The van der Waals surface area contributed by atoms with E-state index in [0.717, 1.165) is 12.0 Å². The summed E-state index contributed by atoms with van der Waals surface area (Å²) in [5.74, 6) is -0.831. The summed E-state index contributed by atoms with van der Waals surface area (Å²) in [6.07, 6.45) is 1.56. The van der Waals surface area contributed by atoms with E-state index in [9.17, 15) is 9.00 Å². The zero-order valence-electron chi connectivity index (χ0n) is 11.7. The van der Waals surface area contributed by atoms with Gasteiger partial charge in [0.05, 0.1) is 0 Å². The minimum atomic E-state index is -2.78. The Hall–Kier alpha value is -1.40. The van der Waals surface area contributed by atoms with E-state index in [1.165, 1.54) is 5.56 Å². The molecule has 0 heterocycles. The lowest BCUT2D eigenvalue weighted by Gasteiger charge is -2.11. The second kappa shape index (κ2) is 7.40. The lowest BCUT2D eigenvalue weighted by Crippen LogP contribution is -2.32. The van der Waals surface area contributed by atoms with Crippen LogP contribution >= 0.6 is 0 Å². The van der Waals surface area contributed by atoms with Gasteiger partial charge < -0.3 is 10.8 Å². The second-order valence-corrected chi connectivity index (χ2v) is 7.27. The molecule has 112 valence electrons. The molecule has 0 saturated heterocycles. The fourth-order valence-electron chi connectivity index (χ4n) is 1.96. The van der Waals surface area contributed by atoms with Crippen molar-refractivity contribution in [2.45, 2.75) is 32.2 Å². The van der Waals surface area contributed by atoms with Crippen molar-refractivity contribution < 1.29 is 14.1 Å². The number of rotatable bonds is 8. The molecule has 0 aliphatic heterocycles. The fourth-order valence-corrected chi connectivity index (χ4v) is 3.35. The van der Waals surface area contributed by atoms with E-state index in [1.807, 2.05) is 24.3 Å². The zero-order valence-corrected chi connectivity index (χ0v) is 12.5. The van der Waals surface area contributed by atoms with Crippen molar-refractivity contribution in [1.29, 1.82) is 4.78 Å². The molecule has 1 aromatic carbocycles. The maximum Gasteiger partial charge on any atom is 0.320 e. The van der Waals surface area contributed by atoms with Crippen LogP contribution in [0.15, 0.2) is 24.3 Å². The smallest absolute Gasteiger partial charge is 0.320 e. The molecule has 20 heavy (non-hydrogen) atoms. The normalized spacial score (nSPS) is 15.5. The monoisotopic (exact) mass is 298 g/mol. The molecule has 0 fully saturated rings. The summed E-state index contributed by atoms with van der Waals surface area (Å²) >= 11 is 0. The number of aliphatic carboxylic acids is 1. The third kappa shape index (κ3) is 5.30. The topological polar surface area (TPSA) is 104 Å². The number of carboxylic acids is 1. The quantitative estimate of drug-likeness (QED) is 0.678. The summed E-state index contributed by atoms with van der Waals surface area (Å²) in [4.78, 5) is 10.6. The molecule has 2 atom stereocenters. The number of carbonyl (C=O) groups is 1. The summed E-state index contributed by atoms with van der Waals surface area (Å²) in [5.41, 5.74) is 7.68. The largest absolute Gasteiger partial charge is 0.480 e. The van der Waals surface area contributed by atoms with Gasteiger partial charge in [-0.25, -0.2) is 4.21 Å². The molecule has 4 N–H and O–H groups in total. The number of aryl methyl sites for hydroxylation is 2. The van der Waals surface area contributed by atoms with Crippen molar-refractivity contribution in [3.05, 3.63) is 35.4 Å². The lowest BCUT2D eigenvalue weighted by atomic mass is 10.0. The number of nitrogens with one attached hydrogen (secondary N) is 1. The first-order valence-corrected chi connectivity index (χ1v) is 8.54. The standard InChI is InChI=1S/C14H22N2O3S/c1-2-11-5-3-4-6-12(11)7-9-20(16,19)10-8-13(15)14(17)18/h3-6,13,16H,2,7-10,15H2,1H3,(H,17,18)/t13-,20?/m0/s1. The summed E-state index contributed by atoms with van der Waals surface area (Å²) in [6.45, 7) is 2.06. The highest BCUT2D eigenvalue weighted by atomic mass is 32.2. The van der Waals surface area contributed by atoms with E-state index in [2.05, 4.69) is 6.92 Å². The highest BCUT2D eigenvalue weighted by molar-refractivity contribution is 7.92. The van der Waals surface area contributed by atoms with Gasteiger partial charge in [-0.3, -0.25) is 9.57 Å². The number of benzene rings is 1. The molecule has 5 nitrogen and oxygen atoms in total. The van der Waals surface area contributed by atoms with Crippen LogP contribution in [0.3, 0.4) is 0 Å². The molecule has 0 aliphatic carbocycles. The molecule has 0 spiro atoms. The van der Waals surface area contributed by atoms with Gasteiger partial charge in [-0.1, -0.05) is 31.2 Å². The van der Waals surface area contributed by atoms with Crippen LogP contribution in [0.1, 0.15) is 24.5 Å². The van der Waals surface area contributed by atoms with Crippen molar-refractivity contribution in [1.82, 2.24) is 0 Å². The summed E-state index contributed by atoms with van der Waals surface area (Å²) < 4.78 is 19.9. The van der Waals surface area contributed by atoms with Crippen LogP contribution in [0, 0.1) is 4.78 Å². The Labute approximate surface area is 120 Å². The number of nitrogens with two attached hydrogens (primary N) is 1. The second-order valence-electron chi connectivity index (χ2n) is 4.83. The Kier molecular flexibility index (Phi) is 6.16. The minimum absolute atomic E-state index is 0.0365. The van der Waals surface area contributed by atoms with E-state index in [0.29, 0.717) is 6.42 Å². The molecular formula is C14H22N2O3S. The molecule has 6 heteroatoms. The lowest BCUT2D eigenvalue weighted by molar-refractivity contribution is -0.138. The third-order valence-electron chi connectivity index (χ3n) is 3.28. The highest BCUT2D eigenvalue weighted by Gasteiger charge is 2.15. The number of hydrogen-bond donors (Lipinski definition) is 3. The van der Waals surface area contributed by atoms with Crippen LogP contribution in [-0.4, -0.2) is 32.8 Å². The molecule has 0 saturated carbocycles. The Bertz CT molecular complexity index is 555. The van der Waals surface area contributed by atoms with E-state index in [4.69, 9.17) is 15.6 Å². The van der Waals surface area contributed by atoms with Crippen molar-refractivity contribution >= 4 is 15.7 Å². The summed E-state index contributed by atoms with van der Waals surface area (Å²) in [6, 6.07) is 6.87. The van der Waals surface area contributed by atoms with Gasteiger partial charge in [-0.15, -0.1) is 0 Å². The van der Waals surface area contributed by atoms with Gasteiger partial charge in [0, 0.05) is 21.2 Å². The molecule has 1 unspecified atom stereocenters. The van der Waals surface area contributed by atoms with Crippen LogP contribution < -0.4 is 5.73 Å². The van der Waals surface area contributed by atoms with Gasteiger partial charge in [-0.05, 0) is 30.4 Å². The Morgan fingerprint density at radius 1 is 1.35 bits per heavy atom. The minimum Gasteiger partial charge on any atom is -0.480 e. The summed E-state index contributed by atoms with van der Waals surface area (Å²) in [5, 5.41) is 8.68. The van der Waals surface area contributed by atoms with E-state index >= 15 is 0 Å². The molecular weight excluding hydrogens is 276 g/mol. The number of hydrogen-bond acceptors (Lipinski definition) is 4. The Balaban J connectivity index is 2.57. The summed E-state index contributed by atoms with van der Waals surface area (Å²) in [7, 11) is -2.78. The predicted molar refractivity (Wildman–Crippen MR) is 80.3 cm³/mol. The molecule has 0 bridgehead atoms. The van der Waals surface area contributed by atoms with Gasteiger partial charge in [0.25, 0.3) is 0 Å². The van der Waals surface area contributed by atoms with Gasteiger partial charge in [0.15, 0.2) is 0 Å². The SMILES string of the molecule is CCc1ccccc1CCS(=N)(=O)CC[C@H](N)C(=O)O. The van der Waals surface area contributed by atoms with Crippen molar-refractivity contribution in [3.8, 4) is 0 Å². The van der Waals surface area contributed by atoms with Crippen LogP contribution in [0.2, 0.25) is 0 Å². The average Bonchev–Trinajstić information content (AvgIpc) is 2.43.